The fourth-order valence-electron chi connectivity index (χ4n) is 5.29. The summed E-state index contributed by atoms with van der Waals surface area (Å²) in [5.41, 5.74) is -1.49. The van der Waals surface area contributed by atoms with E-state index in [0.717, 1.165) is 5.56 Å². The van der Waals surface area contributed by atoms with Gasteiger partial charge in [0.05, 0.1) is 11.8 Å². The number of hydrogen-bond acceptors (Lipinski definition) is 7. The zero-order valence-electron chi connectivity index (χ0n) is 23.6. The van der Waals surface area contributed by atoms with Crippen molar-refractivity contribution in [2.75, 3.05) is 6.16 Å². The van der Waals surface area contributed by atoms with E-state index >= 15 is 0 Å². The molecule has 0 saturated heterocycles. The highest BCUT2D eigenvalue weighted by Crippen LogP contribution is 2.49. The number of nitrogens with one attached hydrogen (secondary N) is 2. The second-order valence-corrected chi connectivity index (χ2v) is 12.7. The molecule has 4 rings (SSSR count). The summed E-state index contributed by atoms with van der Waals surface area (Å²) in [5, 5.41) is 36.1. The highest BCUT2D eigenvalue weighted by molar-refractivity contribution is 7.46. The number of carboxylic acid groups (broad SMARTS) is 1. The second kappa shape index (κ2) is 14.3. The van der Waals surface area contributed by atoms with Crippen molar-refractivity contribution in [3.63, 3.8) is 0 Å². The summed E-state index contributed by atoms with van der Waals surface area (Å²) in [6.07, 6.45) is 0.594. The van der Waals surface area contributed by atoms with Crippen LogP contribution in [0.3, 0.4) is 0 Å². The topological polar surface area (TPSA) is 162 Å². The third kappa shape index (κ3) is 8.63. The molecule has 11 heteroatoms. The molecule has 5 N–H and O–H groups in total. The van der Waals surface area contributed by atoms with Gasteiger partial charge < -0.3 is 25.4 Å². The highest BCUT2D eigenvalue weighted by atomic mass is 31.1. The van der Waals surface area contributed by atoms with E-state index in [0.29, 0.717) is 36.8 Å². The number of rotatable bonds is 13. The lowest BCUT2D eigenvalue weighted by Gasteiger charge is -2.28. The first-order valence-electron chi connectivity index (χ1n) is 14.1. The number of aliphatic carboxylic acids is 1. The van der Waals surface area contributed by atoms with Crippen LogP contribution in [-0.2, 0) is 38.3 Å². The third-order valence-corrected chi connectivity index (χ3v) is 9.68. The summed E-state index contributed by atoms with van der Waals surface area (Å²) in [4.78, 5) is 38.6. The maximum absolute atomic E-state index is 14.0. The summed E-state index contributed by atoms with van der Waals surface area (Å²) in [6, 6.07) is 22.5. The third-order valence-electron chi connectivity index (χ3n) is 7.69. The molecule has 0 radical (unpaired) electrons. The first-order valence-corrected chi connectivity index (χ1v) is 15.5. The average Bonchev–Trinajstić information content (AvgIpc) is 3.47. The molecule has 43 heavy (non-hydrogen) atoms. The molecule has 0 aromatic heterocycles. The van der Waals surface area contributed by atoms with Crippen LogP contribution < -0.4 is 10.6 Å². The molecular formula is C32H36N2O8P+. The van der Waals surface area contributed by atoms with Crippen LogP contribution >= 0.6 is 7.80 Å². The van der Waals surface area contributed by atoms with Crippen LogP contribution in [0.4, 0.5) is 4.79 Å². The molecule has 10 nitrogen and oxygen atoms in total. The van der Waals surface area contributed by atoms with E-state index in [2.05, 4.69) is 10.6 Å². The van der Waals surface area contributed by atoms with Gasteiger partial charge in [0.2, 0.25) is 5.91 Å². The molecule has 0 aliphatic heterocycles. The van der Waals surface area contributed by atoms with E-state index in [4.69, 9.17) is 4.74 Å². The van der Waals surface area contributed by atoms with E-state index in [1.165, 1.54) is 12.1 Å². The molecule has 1 saturated carbocycles. The summed E-state index contributed by atoms with van der Waals surface area (Å²) in [6.45, 7) is -0.0607. The van der Waals surface area contributed by atoms with Gasteiger partial charge in [0.25, 0.3) is 0 Å². The predicted molar refractivity (Wildman–Crippen MR) is 160 cm³/mol. The normalized spacial score (nSPS) is 16.3. The molecule has 1 fully saturated rings. The SMILES string of the molecule is O=C(N[C@@](O)(Cc1ccccc1)[P+](=O)CC1(C(=O)N[C@@H](Cc2ccc(O)cc2)C(=O)O)CCCC1)OCc1ccccc1. The van der Waals surface area contributed by atoms with E-state index in [1.807, 2.05) is 6.07 Å². The Hall–Kier alpha value is -4.27. The largest absolute Gasteiger partial charge is 0.508 e. The fourth-order valence-corrected chi connectivity index (χ4v) is 7.14. The number of carbonyl (C=O) groups excluding carboxylic acids is 2. The van der Waals surface area contributed by atoms with Crippen molar-refractivity contribution >= 4 is 25.8 Å². The Balaban J connectivity index is 1.52. The van der Waals surface area contributed by atoms with Crippen LogP contribution in [0.1, 0.15) is 42.4 Å². The molecule has 226 valence electrons. The quantitative estimate of drug-likeness (QED) is 0.138. The highest BCUT2D eigenvalue weighted by Gasteiger charge is 2.56. The number of aliphatic hydroxyl groups is 1. The van der Waals surface area contributed by atoms with Gasteiger partial charge in [0.1, 0.15) is 18.4 Å². The van der Waals surface area contributed by atoms with Crippen LogP contribution in [0.5, 0.6) is 5.75 Å². The molecular weight excluding hydrogens is 571 g/mol. The number of alkyl carbamates (subject to hydrolysis) is 1. The van der Waals surface area contributed by atoms with Crippen LogP contribution in [0, 0.1) is 5.41 Å². The van der Waals surface area contributed by atoms with Crippen molar-refractivity contribution in [1.29, 1.82) is 0 Å². The van der Waals surface area contributed by atoms with Gasteiger partial charge in [-0.25, -0.2) is 9.59 Å². The standard InChI is InChI=1S/C32H35N2O8P/c35-26-15-13-23(14-16-26)19-27(28(36)37)33-29(38)31(17-7-8-18-31)22-43(41)32(40,20-24-9-3-1-4-10-24)34-30(39)42-21-25-11-5-2-6-12-25/h1-6,9-16,27,40H,7-8,17-22H2,(H3-,33,34,35,36,37,38,39)/p+1/t27-,32+/m0/s1. The van der Waals surface area contributed by atoms with Crippen LogP contribution in [0.2, 0.25) is 0 Å². The Bertz CT molecular complexity index is 1410. The second-order valence-electron chi connectivity index (χ2n) is 10.9. The molecule has 3 aromatic rings. The monoisotopic (exact) mass is 607 g/mol. The number of benzene rings is 3. The van der Waals surface area contributed by atoms with Gasteiger partial charge >= 0.3 is 25.3 Å². The van der Waals surface area contributed by atoms with Gasteiger partial charge in [-0.1, -0.05) is 90.2 Å². The van der Waals surface area contributed by atoms with Crippen molar-refractivity contribution in [2.24, 2.45) is 5.41 Å². The minimum atomic E-state index is -2.67. The van der Waals surface area contributed by atoms with Gasteiger partial charge in [-0.15, -0.1) is 0 Å². The summed E-state index contributed by atoms with van der Waals surface area (Å²) in [7, 11) is -2.67. The maximum Gasteiger partial charge on any atom is 0.413 e. The molecule has 3 atom stereocenters. The van der Waals surface area contributed by atoms with E-state index in [1.54, 1.807) is 66.7 Å². The molecule has 2 amide bonds. The lowest BCUT2D eigenvalue weighted by atomic mass is 9.87. The maximum atomic E-state index is 14.0. The Labute approximate surface area is 250 Å². The van der Waals surface area contributed by atoms with Gasteiger partial charge in [-0.2, -0.15) is 0 Å². The van der Waals surface area contributed by atoms with Crippen molar-refractivity contribution in [2.45, 2.75) is 56.6 Å². The predicted octanol–water partition coefficient (Wildman–Crippen LogP) is 4.71. The average molecular weight is 608 g/mol. The van der Waals surface area contributed by atoms with Gasteiger partial charge in [-0.05, 0) is 41.7 Å². The number of phenolic OH excluding ortho intramolecular Hbond substituents is 1. The van der Waals surface area contributed by atoms with E-state index < -0.39 is 42.7 Å². The summed E-state index contributed by atoms with van der Waals surface area (Å²) >= 11 is 0. The zero-order chi connectivity index (χ0) is 30.9. The summed E-state index contributed by atoms with van der Waals surface area (Å²) in [5.74, 6) is -1.76. The van der Waals surface area contributed by atoms with Crippen molar-refractivity contribution in [1.82, 2.24) is 10.6 Å². The fraction of sp³-hybridized carbons (Fsp3) is 0.344. The molecule has 1 aliphatic rings. The van der Waals surface area contributed by atoms with Gasteiger partial charge in [0.15, 0.2) is 6.16 Å². The first-order chi connectivity index (χ1) is 20.6. The Morgan fingerprint density at radius 1 is 0.884 bits per heavy atom. The first kappa shape index (κ1) is 31.7. The lowest BCUT2D eigenvalue weighted by Crippen LogP contribution is -2.52. The molecule has 0 heterocycles. The minimum absolute atomic E-state index is 0.0175. The number of carboxylic acids is 1. The van der Waals surface area contributed by atoms with Crippen molar-refractivity contribution in [3.05, 3.63) is 102 Å². The van der Waals surface area contributed by atoms with Crippen LogP contribution in [0.15, 0.2) is 84.9 Å². The zero-order valence-corrected chi connectivity index (χ0v) is 24.5. The number of amides is 2. The van der Waals surface area contributed by atoms with Crippen LogP contribution in [0.25, 0.3) is 0 Å². The summed E-state index contributed by atoms with van der Waals surface area (Å²) < 4.78 is 19.3. The van der Waals surface area contributed by atoms with E-state index in [9.17, 15) is 34.3 Å². The minimum Gasteiger partial charge on any atom is -0.508 e. The Kier molecular flexibility index (Phi) is 10.5. The van der Waals surface area contributed by atoms with Crippen molar-refractivity contribution in [3.8, 4) is 5.75 Å². The van der Waals surface area contributed by atoms with Crippen molar-refractivity contribution < 1.29 is 39.0 Å². The van der Waals surface area contributed by atoms with Crippen LogP contribution in [-0.4, -0.2) is 51.0 Å². The number of ether oxygens (including phenoxy) is 1. The molecule has 0 bridgehead atoms. The molecule has 0 spiro atoms. The lowest BCUT2D eigenvalue weighted by molar-refractivity contribution is -0.143. The molecule has 1 aliphatic carbocycles. The number of carbonyl (C=O) groups is 3. The molecule has 1 unspecified atom stereocenters. The molecule has 3 aromatic carbocycles. The van der Waals surface area contributed by atoms with Gasteiger partial charge in [-0.3, -0.25) is 10.1 Å². The van der Waals surface area contributed by atoms with E-state index in [-0.39, 0.29) is 31.4 Å². The number of aromatic hydroxyl groups is 1. The number of phenols is 1. The smallest absolute Gasteiger partial charge is 0.413 e. The Morgan fingerprint density at radius 3 is 2.05 bits per heavy atom. The number of hydrogen-bond donors (Lipinski definition) is 5. The van der Waals surface area contributed by atoms with Gasteiger partial charge in [0, 0.05) is 6.42 Å². The Morgan fingerprint density at radius 2 is 1.47 bits per heavy atom.